The van der Waals surface area contributed by atoms with Crippen LogP contribution in [0.4, 0.5) is 0 Å². The summed E-state index contributed by atoms with van der Waals surface area (Å²) in [5.41, 5.74) is 3.44. The van der Waals surface area contributed by atoms with Gasteiger partial charge in [0, 0.05) is 29.8 Å². The van der Waals surface area contributed by atoms with Crippen LogP contribution in [0.15, 0.2) is 65.5 Å². The summed E-state index contributed by atoms with van der Waals surface area (Å²) in [4.78, 5) is 26.3. The summed E-state index contributed by atoms with van der Waals surface area (Å²) in [7, 11) is 1.55. The molecule has 0 saturated heterocycles. The second kappa shape index (κ2) is 10.1. The first-order valence-electron chi connectivity index (χ1n) is 11.5. The molecular weight excluding hydrogens is 446 g/mol. The average Bonchev–Trinajstić information content (AvgIpc) is 2.82. The molecule has 1 aliphatic rings. The van der Waals surface area contributed by atoms with E-state index in [0.717, 1.165) is 11.1 Å². The maximum absolute atomic E-state index is 13.8. The van der Waals surface area contributed by atoms with E-state index in [2.05, 4.69) is 6.58 Å². The Balaban J connectivity index is 1.78. The fourth-order valence-corrected chi connectivity index (χ4v) is 4.36. The standard InChI is InChI=1S/C28H29NO6/c1-17(2)16-34-27-21(6-5-7-23(27)33-4)22-15-25(31)35-24-14-18(3)29(28(32)26(22)24)13-12-19-8-10-20(30)11-9-19/h5-11,14,22,30H,1,12-13,15-16H2,2-4H3/t22-/m1/s1. The minimum absolute atomic E-state index is 0.0138. The van der Waals surface area contributed by atoms with Crippen molar-refractivity contribution in [3.8, 4) is 23.0 Å². The molecular formula is C28H29NO6. The van der Waals surface area contributed by atoms with Crippen LogP contribution in [0.5, 0.6) is 23.0 Å². The van der Waals surface area contributed by atoms with E-state index in [0.29, 0.717) is 41.3 Å². The first-order valence-corrected chi connectivity index (χ1v) is 11.5. The lowest BCUT2D eigenvalue weighted by Gasteiger charge is -2.28. The number of hydrogen-bond donors (Lipinski definition) is 1. The molecule has 0 saturated carbocycles. The number of aromatic hydroxyl groups is 1. The molecule has 182 valence electrons. The Morgan fingerprint density at radius 3 is 2.63 bits per heavy atom. The van der Waals surface area contributed by atoms with Gasteiger partial charge in [0.15, 0.2) is 11.5 Å². The fraction of sp³-hybridized carbons (Fsp3) is 0.286. The van der Waals surface area contributed by atoms with Gasteiger partial charge in [0.05, 0.1) is 19.1 Å². The molecule has 3 aromatic rings. The summed E-state index contributed by atoms with van der Waals surface area (Å²) in [6, 6.07) is 14.1. The summed E-state index contributed by atoms with van der Waals surface area (Å²) >= 11 is 0. The summed E-state index contributed by atoms with van der Waals surface area (Å²) in [6.07, 6.45) is 0.621. The van der Waals surface area contributed by atoms with E-state index in [9.17, 15) is 14.7 Å². The molecule has 0 fully saturated rings. The lowest BCUT2D eigenvalue weighted by molar-refractivity contribution is -0.135. The number of rotatable bonds is 8. The Bertz CT molecular complexity index is 1320. The Hall–Kier alpha value is -4.00. The van der Waals surface area contributed by atoms with E-state index in [-0.39, 0.29) is 30.1 Å². The van der Waals surface area contributed by atoms with Crippen LogP contribution in [0.1, 0.15) is 41.6 Å². The van der Waals surface area contributed by atoms with Crippen LogP contribution in [0, 0.1) is 6.92 Å². The van der Waals surface area contributed by atoms with E-state index in [1.165, 1.54) is 0 Å². The van der Waals surface area contributed by atoms with E-state index in [4.69, 9.17) is 14.2 Å². The number of fused-ring (bicyclic) bond motifs is 1. The van der Waals surface area contributed by atoms with Crippen molar-refractivity contribution < 1.29 is 24.1 Å². The van der Waals surface area contributed by atoms with Gasteiger partial charge in [0.1, 0.15) is 18.1 Å². The molecule has 7 heteroatoms. The van der Waals surface area contributed by atoms with Crippen LogP contribution in [0.3, 0.4) is 0 Å². The smallest absolute Gasteiger partial charge is 0.312 e. The predicted octanol–water partition coefficient (Wildman–Crippen LogP) is 4.51. The maximum atomic E-state index is 13.8. The van der Waals surface area contributed by atoms with Crippen molar-refractivity contribution in [2.24, 2.45) is 0 Å². The molecule has 1 aromatic heterocycles. The van der Waals surface area contributed by atoms with E-state index in [1.807, 2.05) is 38.1 Å². The highest BCUT2D eigenvalue weighted by atomic mass is 16.5. The van der Waals surface area contributed by atoms with Gasteiger partial charge < -0.3 is 23.9 Å². The molecule has 1 aliphatic heterocycles. The number of ether oxygens (including phenoxy) is 3. The molecule has 0 bridgehead atoms. The average molecular weight is 476 g/mol. The highest BCUT2D eigenvalue weighted by Crippen LogP contribution is 2.44. The number of phenols is 1. The molecule has 0 unspecified atom stereocenters. The Labute approximate surface area is 204 Å². The normalized spacial score (nSPS) is 14.7. The lowest BCUT2D eigenvalue weighted by atomic mass is 9.86. The van der Waals surface area contributed by atoms with Gasteiger partial charge in [0.25, 0.3) is 5.56 Å². The monoisotopic (exact) mass is 475 g/mol. The highest BCUT2D eigenvalue weighted by Gasteiger charge is 2.35. The predicted molar refractivity (Wildman–Crippen MR) is 133 cm³/mol. The summed E-state index contributed by atoms with van der Waals surface area (Å²) < 4.78 is 18.8. The molecule has 0 radical (unpaired) electrons. The number of pyridine rings is 1. The van der Waals surface area contributed by atoms with Gasteiger partial charge in [0.2, 0.25) is 0 Å². The number of methoxy groups -OCH3 is 1. The van der Waals surface area contributed by atoms with Gasteiger partial charge in [-0.25, -0.2) is 0 Å². The number of esters is 1. The number of aryl methyl sites for hydroxylation is 2. The minimum Gasteiger partial charge on any atom is -0.508 e. The van der Waals surface area contributed by atoms with Crippen LogP contribution in [-0.2, 0) is 17.8 Å². The highest BCUT2D eigenvalue weighted by molar-refractivity contribution is 5.78. The summed E-state index contributed by atoms with van der Waals surface area (Å²) in [5, 5.41) is 9.53. The van der Waals surface area contributed by atoms with Crippen molar-refractivity contribution in [2.45, 2.75) is 39.2 Å². The van der Waals surface area contributed by atoms with E-state index >= 15 is 0 Å². The number of benzene rings is 2. The molecule has 4 rings (SSSR count). The van der Waals surface area contributed by atoms with Gasteiger partial charge in [-0.1, -0.05) is 30.8 Å². The van der Waals surface area contributed by atoms with Crippen LogP contribution >= 0.6 is 0 Å². The third-order valence-electron chi connectivity index (χ3n) is 6.08. The molecule has 1 atom stereocenters. The second-order valence-electron chi connectivity index (χ2n) is 8.79. The zero-order valence-electron chi connectivity index (χ0n) is 20.2. The van der Waals surface area contributed by atoms with Gasteiger partial charge >= 0.3 is 5.97 Å². The molecule has 35 heavy (non-hydrogen) atoms. The Morgan fingerprint density at radius 1 is 1.20 bits per heavy atom. The number of nitrogens with zero attached hydrogens (tertiary/aromatic N) is 1. The zero-order chi connectivity index (χ0) is 25.1. The zero-order valence-corrected chi connectivity index (χ0v) is 20.2. The molecule has 1 N–H and O–H groups in total. The number of carbonyl (C=O) groups is 1. The molecule has 7 nitrogen and oxygen atoms in total. The van der Waals surface area contributed by atoms with Crippen molar-refractivity contribution in [3.63, 3.8) is 0 Å². The third kappa shape index (κ3) is 5.09. The van der Waals surface area contributed by atoms with Gasteiger partial charge in [-0.05, 0) is 49.6 Å². The Morgan fingerprint density at radius 2 is 1.94 bits per heavy atom. The van der Waals surface area contributed by atoms with Gasteiger partial charge in [-0.2, -0.15) is 0 Å². The van der Waals surface area contributed by atoms with E-state index in [1.54, 1.807) is 35.9 Å². The van der Waals surface area contributed by atoms with Crippen LogP contribution in [0.2, 0.25) is 0 Å². The Kier molecular flexibility index (Phi) is 6.96. The van der Waals surface area contributed by atoms with Crippen LogP contribution in [-0.4, -0.2) is 29.4 Å². The van der Waals surface area contributed by atoms with Crippen LogP contribution in [0.25, 0.3) is 0 Å². The molecule has 0 aliphatic carbocycles. The number of hydrogen-bond acceptors (Lipinski definition) is 6. The second-order valence-corrected chi connectivity index (χ2v) is 8.79. The van der Waals surface area contributed by atoms with Crippen molar-refractivity contribution >= 4 is 5.97 Å². The number of para-hydroxylation sites is 1. The third-order valence-corrected chi connectivity index (χ3v) is 6.08. The van der Waals surface area contributed by atoms with Crippen LogP contribution < -0.4 is 19.8 Å². The lowest BCUT2D eigenvalue weighted by Crippen LogP contribution is -2.33. The fourth-order valence-electron chi connectivity index (χ4n) is 4.36. The minimum atomic E-state index is -0.547. The maximum Gasteiger partial charge on any atom is 0.312 e. The van der Waals surface area contributed by atoms with Crippen molar-refractivity contribution in [3.05, 3.63) is 93.4 Å². The molecule has 2 heterocycles. The number of phenolic OH excluding ortho intramolecular Hbond substituents is 1. The largest absolute Gasteiger partial charge is 0.508 e. The SMILES string of the molecule is C=C(C)COc1c(OC)cccc1[C@H]1CC(=O)Oc2cc(C)n(CCc3ccc(O)cc3)c(=O)c21. The molecule has 0 spiro atoms. The van der Waals surface area contributed by atoms with Crippen molar-refractivity contribution in [1.29, 1.82) is 0 Å². The summed E-state index contributed by atoms with van der Waals surface area (Å²) in [6.45, 7) is 8.30. The topological polar surface area (TPSA) is 87.0 Å². The van der Waals surface area contributed by atoms with Gasteiger partial charge in [-0.15, -0.1) is 0 Å². The first kappa shape index (κ1) is 24.1. The van der Waals surface area contributed by atoms with E-state index < -0.39 is 11.9 Å². The number of aromatic nitrogens is 1. The molecule has 2 aromatic carbocycles. The van der Waals surface area contributed by atoms with Crippen molar-refractivity contribution in [1.82, 2.24) is 4.57 Å². The summed E-state index contributed by atoms with van der Waals surface area (Å²) in [5.74, 6) is 0.529. The molecule has 0 amide bonds. The number of carbonyl (C=O) groups excluding carboxylic acids is 1. The quantitative estimate of drug-likeness (QED) is 0.381. The van der Waals surface area contributed by atoms with Crippen molar-refractivity contribution in [2.75, 3.05) is 13.7 Å². The van der Waals surface area contributed by atoms with Gasteiger partial charge in [-0.3, -0.25) is 9.59 Å². The first-order chi connectivity index (χ1) is 16.8.